The lowest BCUT2D eigenvalue weighted by Gasteiger charge is -2.00. The third kappa shape index (κ3) is 1.55. The van der Waals surface area contributed by atoms with Crippen molar-refractivity contribution in [2.24, 2.45) is 10.9 Å². The molecule has 1 rings (SSSR count). The van der Waals surface area contributed by atoms with Gasteiger partial charge >= 0.3 is 5.97 Å². The zero-order valence-corrected chi connectivity index (χ0v) is 6.70. The first-order valence-electron chi connectivity index (χ1n) is 3.51. The summed E-state index contributed by atoms with van der Waals surface area (Å²) in [5.74, 6) is -1.16. The van der Waals surface area contributed by atoms with Crippen LogP contribution in [0.5, 0.6) is 0 Å². The summed E-state index contributed by atoms with van der Waals surface area (Å²) in [5.41, 5.74) is 6.32. The van der Waals surface area contributed by atoms with E-state index in [1.807, 2.05) is 0 Å². The second-order valence-electron chi connectivity index (χ2n) is 2.52. The van der Waals surface area contributed by atoms with Crippen LogP contribution in [0, 0.1) is 0 Å². The van der Waals surface area contributed by atoms with E-state index in [1.54, 1.807) is 6.92 Å². The topological polar surface area (TPSA) is 84.9 Å². The Bertz CT molecular complexity index is 268. The number of carboxylic acids is 1. The molecule has 12 heavy (non-hydrogen) atoms. The van der Waals surface area contributed by atoms with E-state index >= 15 is 0 Å². The Kier molecular flexibility index (Phi) is 2.32. The monoisotopic (exact) mass is 170 g/mol. The van der Waals surface area contributed by atoms with Crippen LogP contribution in [0.1, 0.15) is 13.3 Å². The van der Waals surface area contributed by atoms with Crippen LogP contribution in [-0.2, 0) is 9.63 Å². The van der Waals surface area contributed by atoms with Crippen LogP contribution in [0.3, 0.4) is 0 Å². The van der Waals surface area contributed by atoms with Gasteiger partial charge in [0.15, 0.2) is 0 Å². The van der Waals surface area contributed by atoms with Gasteiger partial charge in [-0.05, 0) is 12.5 Å². The zero-order chi connectivity index (χ0) is 9.14. The van der Waals surface area contributed by atoms with Crippen LogP contribution in [0.4, 0.5) is 0 Å². The van der Waals surface area contributed by atoms with Gasteiger partial charge < -0.3 is 15.7 Å². The molecule has 5 heteroatoms. The van der Waals surface area contributed by atoms with Crippen molar-refractivity contribution in [3.63, 3.8) is 0 Å². The van der Waals surface area contributed by atoms with E-state index in [2.05, 4.69) is 5.16 Å². The SMILES string of the molecule is CC1=C(N)C(C(=O)O)=NOCC1. The summed E-state index contributed by atoms with van der Waals surface area (Å²) in [4.78, 5) is 15.2. The Labute approximate surface area is 69.5 Å². The van der Waals surface area contributed by atoms with E-state index < -0.39 is 5.97 Å². The summed E-state index contributed by atoms with van der Waals surface area (Å²) >= 11 is 0. The summed E-state index contributed by atoms with van der Waals surface area (Å²) < 4.78 is 0. The summed E-state index contributed by atoms with van der Waals surface area (Å²) in [6.45, 7) is 2.14. The molecule has 0 aromatic rings. The van der Waals surface area contributed by atoms with Crippen molar-refractivity contribution < 1.29 is 14.7 Å². The van der Waals surface area contributed by atoms with Gasteiger partial charge in [0.25, 0.3) is 0 Å². The fourth-order valence-corrected chi connectivity index (χ4v) is 0.849. The quantitative estimate of drug-likeness (QED) is 0.583. The van der Waals surface area contributed by atoms with Gasteiger partial charge in [-0.15, -0.1) is 0 Å². The molecule has 0 aromatic carbocycles. The van der Waals surface area contributed by atoms with Crippen molar-refractivity contribution in [3.8, 4) is 0 Å². The molecule has 0 spiro atoms. The summed E-state index contributed by atoms with van der Waals surface area (Å²) in [6, 6.07) is 0. The lowest BCUT2D eigenvalue weighted by molar-refractivity contribution is -0.129. The summed E-state index contributed by atoms with van der Waals surface area (Å²) in [6.07, 6.45) is 0.617. The molecule has 0 aliphatic carbocycles. The molecule has 3 N–H and O–H groups in total. The largest absolute Gasteiger partial charge is 0.476 e. The molecule has 0 atom stereocenters. The highest BCUT2D eigenvalue weighted by molar-refractivity contribution is 6.42. The molecule has 0 fully saturated rings. The average Bonchev–Trinajstić information content (AvgIpc) is 2.15. The Morgan fingerprint density at radius 2 is 2.42 bits per heavy atom. The van der Waals surface area contributed by atoms with Crippen LogP contribution in [0.25, 0.3) is 0 Å². The predicted molar refractivity (Wildman–Crippen MR) is 42.5 cm³/mol. The van der Waals surface area contributed by atoms with Crippen molar-refractivity contribution >= 4 is 11.7 Å². The first-order valence-corrected chi connectivity index (χ1v) is 3.51. The number of nitrogens with zero attached hydrogens (tertiary/aromatic N) is 1. The number of oxime groups is 1. The standard InChI is InChI=1S/C7H10N2O3/c1-4-2-3-12-9-6(5(4)8)7(10)11/h2-3,8H2,1H3,(H,10,11). The van der Waals surface area contributed by atoms with Gasteiger partial charge in [0.1, 0.15) is 6.61 Å². The van der Waals surface area contributed by atoms with Gasteiger partial charge in [-0.3, -0.25) is 0 Å². The maximum Gasteiger partial charge on any atom is 0.360 e. The zero-order valence-electron chi connectivity index (χ0n) is 6.70. The molecule has 0 radical (unpaired) electrons. The third-order valence-corrected chi connectivity index (χ3v) is 1.64. The summed E-state index contributed by atoms with van der Waals surface area (Å²) in [5, 5.41) is 12.0. The van der Waals surface area contributed by atoms with Crippen molar-refractivity contribution in [2.45, 2.75) is 13.3 Å². The van der Waals surface area contributed by atoms with E-state index in [9.17, 15) is 4.79 Å². The number of rotatable bonds is 1. The van der Waals surface area contributed by atoms with Crippen molar-refractivity contribution in [1.82, 2.24) is 0 Å². The number of hydrogen-bond acceptors (Lipinski definition) is 4. The van der Waals surface area contributed by atoms with E-state index in [0.29, 0.717) is 13.0 Å². The lowest BCUT2D eigenvalue weighted by atomic mass is 10.1. The second kappa shape index (κ2) is 3.25. The molecule has 0 amide bonds. The van der Waals surface area contributed by atoms with Gasteiger partial charge in [-0.25, -0.2) is 4.79 Å². The van der Waals surface area contributed by atoms with Crippen LogP contribution in [-0.4, -0.2) is 23.4 Å². The van der Waals surface area contributed by atoms with Gasteiger partial charge in [0.2, 0.25) is 5.71 Å². The van der Waals surface area contributed by atoms with Crippen molar-refractivity contribution in [3.05, 3.63) is 11.3 Å². The van der Waals surface area contributed by atoms with Gasteiger partial charge in [-0.2, -0.15) is 0 Å². The molecule has 1 heterocycles. The third-order valence-electron chi connectivity index (χ3n) is 1.64. The minimum absolute atomic E-state index is 0.204. The van der Waals surface area contributed by atoms with E-state index in [-0.39, 0.29) is 11.4 Å². The Balaban J connectivity index is 3.02. The minimum Gasteiger partial charge on any atom is -0.476 e. The predicted octanol–water partition coefficient (Wildman–Crippen LogP) is 0.0800. The highest BCUT2D eigenvalue weighted by Gasteiger charge is 2.18. The van der Waals surface area contributed by atoms with E-state index in [1.165, 1.54) is 0 Å². The number of hydrogen-bond donors (Lipinski definition) is 2. The van der Waals surface area contributed by atoms with Gasteiger partial charge in [0.05, 0.1) is 5.70 Å². The average molecular weight is 170 g/mol. The number of aliphatic carboxylic acids is 1. The number of carbonyl (C=O) groups is 1. The smallest absolute Gasteiger partial charge is 0.360 e. The van der Waals surface area contributed by atoms with Crippen LogP contribution in [0.15, 0.2) is 16.4 Å². The Hall–Kier alpha value is -1.52. The fraction of sp³-hybridized carbons (Fsp3) is 0.429. The van der Waals surface area contributed by atoms with Crippen LogP contribution >= 0.6 is 0 Å². The first kappa shape index (κ1) is 8.58. The van der Waals surface area contributed by atoms with E-state index in [4.69, 9.17) is 15.7 Å². The number of carboxylic acid groups (broad SMARTS) is 1. The van der Waals surface area contributed by atoms with Gasteiger partial charge in [0, 0.05) is 6.42 Å². The highest BCUT2D eigenvalue weighted by Crippen LogP contribution is 2.10. The molecular weight excluding hydrogens is 160 g/mol. The molecule has 66 valence electrons. The molecule has 1 aliphatic heterocycles. The minimum atomic E-state index is -1.16. The highest BCUT2D eigenvalue weighted by atomic mass is 16.6. The molecule has 0 unspecified atom stereocenters. The van der Waals surface area contributed by atoms with Crippen molar-refractivity contribution in [2.75, 3.05) is 6.61 Å². The Morgan fingerprint density at radius 1 is 1.75 bits per heavy atom. The molecule has 0 bridgehead atoms. The van der Waals surface area contributed by atoms with Crippen LogP contribution in [0.2, 0.25) is 0 Å². The molecule has 5 nitrogen and oxygen atoms in total. The van der Waals surface area contributed by atoms with Gasteiger partial charge in [-0.1, -0.05) is 5.16 Å². The Morgan fingerprint density at radius 3 is 3.00 bits per heavy atom. The fourth-order valence-electron chi connectivity index (χ4n) is 0.849. The molecule has 0 aromatic heterocycles. The van der Waals surface area contributed by atoms with Crippen LogP contribution < -0.4 is 5.73 Å². The maximum atomic E-state index is 10.5. The van der Waals surface area contributed by atoms with Crippen molar-refractivity contribution in [1.29, 1.82) is 0 Å². The first-order chi connectivity index (χ1) is 5.63. The molecule has 0 saturated carbocycles. The molecular formula is C7H10N2O3. The molecule has 1 aliphatic rings. The summed E-state index contributed by atoms with van der Waals surface area (Å²) in [7, 11) is 0. The second-order valence-corrected chi connectivity index (χ2v) is 2.52. The maximum absolute atomic E-state index is 10.5. The number of nitrogens with two attached hydrogens (primary N) is 1. The lowest BCUT2D eigenvalue weighted by Crippen LogP contribution is -2.21. The molecule has 0 saturated heterocycles. The van der Waals surface area contributed by atoms with E-state index in [0.717, 1.165) is 5.57 Å². The normalized spacial score (nSPS) is 17.9.